The summed E-state index contributed by atoms with van der Waals surface area (Å²) in [6.45, 7) is 6.13. The van der Waals surface area contributed by atoms with E-state index in [1.54, 1.807) is 58.6 Å². The normalized spacial score (nSPS) is 22.8. The topological polar surface area (TPSA) is 134 Å². The lowest BCUT2D eigenvalue weighted by atomic mass is 9.90. The van der Waals surface area contributed by atoms with Crippen molar-refractivity contribution in [3.8, 4) is 5.75 Å². The van der Waals surface area contributed by atoms with Gasteiger partial charge in [0, 0.05) is 38.2 Å². The van der Waals surface area contributed by atoms with E-state index in [0.29, 0.717) is 5.57 Å². The van der Waals surface area contributed by atoms with Crippen LogP contribution >= 0.6 is 0 Å². The number of carbonyl (C=O) groups is 3. The van der Waals surface area contributed by atoms with Crippen molar-refractivity contribution in [1.29, 1.82) is 0 Å². The van der Waals surface area contributed by atoms with Gasteiger partial charge in [-0.05, 0) is 47.9 Å². The van der Waals surface area contributed by atoms with Crippen molar-refractivity contribution in [3.63, 3.8) is 0 Å². The molecule has 53 heavy (non-hydrogen) atoms. The number of fused-ring (bicyclic) bond motifs is 2. The molecule has 2 unspecified atom stereocenters. The number of amides is 4. The Morgan fingerprint density at radius 2 is 1.68 bits per heavy atom. The van der Waals surface area contributed by atoms with Gasteiger partial charge in [-0.2, -0.15) is 0 Å². The molecule has 0 radical (unpaired) electrons. The number of phenols is 1. The summed E-state index contributed by atoms with van der Waals surface area (Å²) in [6.07, 6.45) is 9.99. The van der Waals surface area contributed by atoms with Crippen molar-refractivity contribution < 1.29 is 27.9 Å². The summed E-state index contributed by atoms with van der Waals surface area (Å²) < 4.78 is 29.4. The number of hydrazine groups is 1. The zero-order chi connectivity index (χ0) is 37.3. The fourth-order valence-electron chi connectivity index (χ4n) is 7.50. The number of nitrogens with one attached hydrogen (secondary N) is 1. The highest BCUT2D eigenvalue weighted by Gasteiger charge is 2.52. The number of nitrogens with zero attached hydrogens (tertiary/aromatic N) is 5. The van der Waals surface area contributed by atoms with Crippen LogP contribution in [0.3, 0.4) is 0 Å². The van der Waals surface area contributed by atoms with Crippen molar-refractivity contribution in [1.82, 2.24) is 29.4 Å². The molecular weight excluding hydrogens is 693 g/mol. The smallest absolute Gasteiger partial charge is 0.334 e. The van der Waals surface area contributed by atoms with E-state index in [9.17, 15) is 27.9 Å². The molecule has 2 fully saturated rings. The minimum Gasteiger partial charge on any atom is -0.508 e. The molecular formula is C40H42N6O6S. The number of allylic oxidation sites excluding steroid dienone is 2. The highest BCUT2D eigenvalue weighted by atomic mass is 32.2. The number of benzene rings is 3. The van der Waals surface area contributed by atoms with Crippen LogP contribution in [0.1, 0.15) is 16.7 Å². The van der Waals surface area contributed by atoms with Crippen LogP contribution in [0.5, 0.6) is 5.75 Å². The maximum Gasteiger partial charge on any atom is 0.334 e. The van der Waals surface area contributed by atoms with Crippen LogP contribution in [0, 0.1) is 12.8 Å². The molecule has 3 aliphatic heterocycles. The van der Waals surface area contributed by atoms with Crippen molar-refractivity contribution in [2.45, 2.75) is 43.0 Å². The Hall–Kier alpha value is -5.66. The van der Waals surface area contributed by atoms with E-state index in [-0.39, 0.29) is 67.5 Å². The summed E-state index contributed by atoms with van der Waals surface area (Å²) in [4.78, 5) is 46.0. The molecule has 3 aromatic rings. The third-order valence-electron chi connectivity index (χ3n) is 10.1. The number of hydrogen-bond acceptors (Lipinski definition) is 7. The molecule has 0 bridgehead atoms. The number of sulfonamides is 1. The van der Waals surface area contributed by atoms with Crippen LogP contribution in [-0.4, -0.2) is 99.9 Å². The highest BCUT2D eigenvalue weighted by Crippen LogP contribution is 2.38. The summed E-state index contributed by atoms with van der Waals surface area (Å²) in [5, 5.41) is 16.1. The molecule has 13 heteroatoms. The Kier molecular flexibility index (Phi) is 9.95. The van der Waals surface area contributed by atoms with Crippen molar-refractivity contribution in [2.24, 2.45) is 5.92 Å². The predicted molar refractivity (Wildman–Crippen MR) is 199 cm³/mol. The van der Waals surface area contributed by atoms with Gasteiger partial charge in [-0.25, -0.2) is 23.2 Å². The Balaban J connectivity index is 1.24. The molecule has 4 amide bonds. The summed E-state index contributed by atoms with van der Waals surface area (Å²) in [5.74, 6) is -0.896. The molecule has 12 nitrogen and oxygen atoms in total. The molecule has 7 rings (SSSR count). The maximum absolute atomic E-state index is 14.6. The minimum atomic E-state index is -3.94. The largest absolute Gasteiger partial charge is 0.508 e. The molecule has 4 atom stereocenters. The number of rotatable bonds is 10. The number of piperazine rings is 1. The third-order valence-corrected chi connectivity index (χ3v) is 11.9. The fraction of sp³-hybridized carbons (Fsp3) is 0.275. The first-order valence-corrected chi connectivity index (χ1v) is 19.0. The number of phenolic OH excluding ortho intramolecular Hbond substituents is 1. The van der Waals surface area contributed by atoms with Crippen LogP contribution < -0.4 is 5.32 Å². The molecule has 0 aromatic heterocycles. The highest BCUT2D eigenvalue weighted by molar-refractivity contribution is 7.89. The van der Waals surface area contributed by atoms with Crippen LogP contribution in [-0.2, 0) is 32.6 Å². The van der Waals surface area contributed by atoms with Gasteiger partial charge in [0.25, 0.3) is 10.0 Å². The zero-order valence-corrected chi connectivity index (χ0v) is 30.2. The summed E-state index contributed by atoms with van der Waals surface area (Å²) >= 11 is 0. The third kappa shape index (κ3) is 7.09. The zero-order valence-electron chi connectivity index (χ0n) is 29.4. The fourth-order valence-corrected chi connectivity index (χ4v) is 9.02. The maximum atomic E-state index is 14.6. The SMILES string of the molecule is C=CCN1CC(=O)N2[C@@H](Cc3ccc(O)cc3)C(=O)N(CC3=CN(S(=O)(=O)c4ccc(C)cc4)C4C=CC=CC34)C[C@@H]2N1C(=O)NCc1ccccc1. The number of aryl methyl sites for hydroxylation is 1. The van der Waals surface area contributed by atoms with Gasteiger partial charge in [0.1, 0.15) is 18.0 Å². The molecule has 274 valence electrons. The van der Waals surface area contributed by atoms with Gasteiger partial charge in [0.2, 0.25) is 11.8 Å². The summed E-state index contributed by atoms with van der Waals surface area (Å²) in [7, 11) is -3.94. The van der Waals surface area contributed by atoms with E-state index in [2.05, 4.69) is 11.9 Å². The van der Waals surface area contributed by atoms with Gasteiger partial charge < -0.3 is 20.2 Å². The Morgan fingerprint density at radius 1 is 0.962 bits per heavy atom. The van der Waals surface area contributed by atoms with Gasteiger partial charge in [-0.15, -0.1) is 6.58 Å². The Morgan fingerprint density at radius 3 is 2.40 bits per heavy atom. The second kappa shape index (κ2) is 14.8. The van der Waals surface area contributed by atoms with Crippen LogP contribution in [0.4, 0.5) is 4.79 Å². The first-order chi connectivity index (χ1) is 25.5. The quantitative estimate of drug-likeness (QED) is 0.302. The molecule has 4 aliphatic rings. The number of aromatic hydroxyl groups is 1. The molecule has 3 heterocycles. The van der Waals surface area contributed by atoms with Crippen LogP contribution in [0.15, 0.2) is 132 Å². The second-order valence-electron chi connectivity index (χ2n) is 13.6. The lowest BCUT2D eigenvalue weighted by Gasteiger charge is -2.55. The molecule has 3 aromatic carbocycles. The molecule has 2 saturated heterocycles. The van der Waals surface area contributed by atoms with E-state index >= 15 is 0 Å². The van der Waals surface area contributed by atoms with E-state index in [0.717, 1.165) is 16.7 Å². The average molecular weight is 735 g/mol. The lowest BCUT2D eigenvalue weighted by Crippen LogP contribution is -2.76. The van der Waals surface area contributed by atoms with Crippen molar-refractivity contribution >= 4 is 27.9 Å². The molecule has 0 spiro atoms. The second-order valence-corrected chi connectivity index (χ2v) is 15.5. The van der Waals surface area contributed by atoms with E-state index in [1.165, 1.54) is 26.3 Å². The first-order valence-electron chi connectivity index (χ1n) is 17.6. The van der Waals surface area contributed by atoms with Crippen LogP contribution in [0.2, 0.25) is 0 Å². The van der Waals surface area contributed by atoms with Gasteiger partial charge in [-0.1, -0.05) is 90.5 Å². The summed E-state index contributed by atoms with van der Waals surface area (Å²) in [6, 6.07) is 20.7. The minimum absolute atomic E-state index is 0.0119. The first kappa shape index (κ1) is 35.7. The number of hydrogen-bond donors (Lipinski definition) is 2. The number of urea groups is 1. The van der Waals surface area contributed by atoms with Gasteiger partial charge in [-0.3, -0.25) is 13.9 Å². The van der Waals surface area contributed by atoms with Gasteiger partial charge >= 0.3 is 6.03 Å². The van der Waals surface area contributed by atoms with E-state index < -0.39 is 34.3 Å². The summed E-state index contributed by atoms with van der Waals surface area (Å²) in [5.41, 5.74) is 3.27. The van der Waals surface area contributed by atoms with Gasteiger partial charge in [0.05, 0.1) is 24.0 Å². The van der Waals surface area contributed by atoms with Crippen LogP contribution in [0.25, 0.3) is 0 Å². The standard InChI is InChI=1S/C40H42N6O6S/c1-3-21-43-27-38(48)45-36(22-29-15-17-32(47)18-16-29)39(49)42(26-37(45)46(43)40(50)41-23-30-9-5-4-6-10-30)24-31-25-44(35-12-8-7-11-34(31)35)53(51,52)33-19-13-28(2)14-20-33/h3-20,25,34-37,47H,1,21-24,26-27H2,2H3,(H,41,50)/t34?,35?,36-,37-/m0/s1. The van der Waals surface area contributed by atoms with E-state index in [1.807, 2.05) is 61.6 Å². The monoisotopic (exact) mass is 734 g/mol. The average Bonchev–Trinajstić information content (AvgIpc) is 3.53. The molecule has 2 N–H and O–H groups in total. The van der Waals surface area contributed by atoms with Crippen molar-refractivity contribution in [2.75, 3.05) is 26.2 Å². The number of carbonyl (C=O) groups excluding carboxylic acids is 3. The predicted octanol–water partition coefficient (Wildman–Crippen LogP) is 3.94. The Bertz CT molecular complexity index is 2080. The van der Waals surface area contributed by atoms with Gasteiger partial charge in [0.15, 0.2) is 0 Å². The van der Waals surface area contributed by atoms with E-state index in [4.69, 9.17) is 0 Å². The lowest BCUT2D eigenvalue weighted by molar-refractivity contribution is -0.188. The van der Waals surface area contributed by atoms with Crippen molar-refractivity contribution in [3.05, 3.63) is 144 Å². The molecule has 1 aliphatic carbocycles. The molecule has 0 saturated carbocycles. The Labute approximate surface area is 309 Å².